The zero-order valence-corrected chi connectivity index (χ0v) is 18.2. The average molecular weight is 402 g/mol. The summed E-state index contributed by atoms with van der Waals surface area (Å²) >= 11 is 1.85. The van der Waals surface area contributed by atoms with Crippen molar-refractivity contribution in [1.29, 1.82) is 0 Å². The quantitative estimate of drug-likeness (QED) is 0.557. The average Bonchev–Trinajstić information content (AvgIpc) is 3.02. The highest BCUT2D eigenvalue weighted by atomic mass is 32.1. The number of hydrogen-bond acceptors (Lipinski definition) is 4. The van der Waals surface area contributed by atoms with E-state index in [1.807, 2.05) is 11.3 Å². The first-order valence-corrected chi connectivity index (χ1v) is 11.5. The molecular weight excluding hydrogens is 366 g/mol. The third-order valence-corrected chi connectivity index (χ3v) is 7.22. The van der Waals surface area contributed by atoms with E-state index in [0.717, 1.165) is 45.3 Å². The van der Waals surface area contributed by atoms with Gasteiger partial charge in [0.2, 0.25) is 0 Å². The van der Waals surface area contributed by atoms with Crippen molar-refractivity contribution in [2.24, 2.45) is 11.7 Å². The van der Waals surface area contributed by atoms with Gasteiger partial charge in [0.05, 0.1) is 13.2 Å². The van der Waals surface area contributed by atoms with Gasteiger partial charge in [-0.2, -0.15) is 0 Å². The maximum atomic E-state index is 9.00. The van der Waals surface area contributed by atoms with E-state index in [1.54, 1.807) is 0 Å². The van der Waals surface area contributed by atoms with Crippen LogP contribution in [0.1, 0.15) is 63.6 Å². The van der Waals surface area contributed by atoms with E-state index in [9.17, 15) is 0 Å². The van der Waals surface area contributed by atoms with E-state index in [1.165, 1.54) is 38.4 Å². The maximum absolute atomic E-state index is 9.00. The summed E-state index contributed by atoms with van der Waals surface area (Å²) in [7, 11) is 0. The standard InChI is InChI=1S/C24H35NO2S/c1-17-11-24(28-18(17)2)16-27-15-19-6-7-21-13-22(9-8-20(21)12-19)23(14-25)5-3-4-10-26/h8-9,11,13,19,23,26H,3-7,10,12,14-16,25H2,1-2H3/t19-,23+/m1/s1. The van der Waals surface area contributed by atoms with E-state index in [0.29, 0.717) is 18.4 Å². The summed E-state index contributed by atoms with van der Waals surface area (Å²) in [5, 5.41) is 9.00. The van der Waals surface area contributed by atoms with Gasteiger partial charge in [-0.1, -0.05) is 24.6 Å². The molecule has 154 valence electrons. The van der Waals surface area contributed by atoms with Crippen molar-refractivity contribution >= 4 is 11.3 Å². The molecule has 1 aliphatic rings. The lowest BCUT2D eigenvalue weighted by Gasteiger charge is -2.26. The Kier molecular flexibility index (Phi) is 8.10. The third kappa shape index (κ3) is 5.66. The van der Waals surface area contributed by atoms with Gasteiger partial charge < -0.3 is 15.6 Å². The van der Waals surface area contributed by atoms with E-state index in [4.69, 9.17) is 15.6 Å². The smallest absolute Gasteiger partial charge is 0.0809 e. The molecule has 0 fully saturated rings. The Hall–Kier alpha value is -1.20. The first-order chi connectivity index (χ1) is 13.6. The fourth-order valence-corrected chi connectivity index (χ4v) is 5.21. The molecule has 1 heterocycles. The Bertz CT molecular complexity index is 736. The van der Waals surface area contributed by atoms with Crippen molar-refractivity contribution < 1.29 is 9.84 Å². The second-order valence-corrected chi connectivity index (χ2v) is 9.60. The van der Waals surface area contributed by atoms with E-state index >= 15 is 0 Å². The van der Waals surface area contributed by atoms with Crippen molar-refractivity contribution in [3.63, 3.8) is 0 Å². The molecule has 0 unspecified atom stereocenters. The second kappa shape index (κ2) is 10.5. The van der Waals surface area contributed by atoms with Crippen LogP contribution >= 0.6 is 11.3 Å². The van der Waals surface area contributed by atoms with Gasteiger partial charge in [0, 0.05) is 16.4 Å². The van der Waals surface area contributed by atoms with Crippen LogP contribution in [-0.4, -0.2) is 24.9 Å². The topological polar surface area (TPSA) is 55.5 Å². The molecule has 3 rings (SSSR count). The van der Waals surface area contributed by atoms with Gasteiger partial charge in [0.1, 0.15) is 0 Å². The molecule has 0 amide bonds. The van der Waals surface area contributed by atoms with Crippen LogP contribution < -0.4 is 5.73 Å². The molecule has 1 aromatic carbocycles. The van der Waals surface area contributed by atoms with Crippen molar-refractivity contribution in [3.05, 3.63) is 56.3 Å². The van der Waals surface area contributed by atoms with Gasteiger partial charge in [-0.3, -0.25) is 0 Å². The Morgan fingerprint density at radius 3 is 2.79 bits per heavy atom. The number of aryl methyl sites for hydroxylation is 3. The van der Waals surface area contributed by atoms with Gasteiger partial charge in [-0.25, -0.2) is 0 Å². The molecule has 3 N–H and O–H groups in total. The van der Waals surface area contributed by atoms with E-state index in [-0.39, 0.29) is 6.61 Å². The molecule has 0 saturated carbocycles. The largest absolute Gasteiger partial charge is 0.396 e. The summed E-state index contributed by atoms with van der Waals surface area (Å²) < 4.78 is 6.05. The fraction of sp³-hybridized carbons (Fsp3) is 0.583. The minimum atomic E-state index is 0.274. The highest BCUT2D eigenvalue weighted by Crippen LogP contribution is 2.30. The normalized spacial score (nSPS) is 17.5. The molecule has 0 spiro atoms. The number of aliphatic hydroxyl groups excluding tert-OH is 1. The van der Waals surface area contributed by atoms with Crippen molar-refractivity contribution in [1.82, 2.24) is 0 Å². The van der Waals surface area contributed by atoms with Crippen molar-refractivity contribution in [2.45, 2.75) is 64.9 Å². The summed E-state index contributed by atoms with van der Waals surface area (Å²) in [5.74, 6) is 1.03. The molecule has 2 aromatic rings. The van der Waals surface area contributed by atoms with Crippen LogP contribution in [0.25, 0.3) is 0 Å². The number of nitrogens with two attached hydrogens (primary N) is 1. The molecule has 0 radical (unpaired) electrons. The van der Waals surface area contributed by atoms with Crippen LogP contribution in [0, 0.1) is 19.8 Å². The van der Waals surface area contributed by atoms with Crippen LogP contribution in [0.4, 0.5) is 0 Å². The van der Waals surface area contributed by atoms with Gasteiger partial charge in [0.15, 0.2) is 0 Å². The number of unbranched alkanes of at least 4 members (excludes halogenated alkanes) is 1. The summed E-state index contributed by atoms with van der Waals surface area (Å²) in [4.78, 5) is 2.73. The Balaban J connectivity index is 1.52. The van der Waals surface area contributed by atoms with Crippen molar-refractivity contribution in [2.75, 3.05) is 19.8 Å². The Labute approximate surface area is 173 Å². The highest BCUT2D eigenvalue weighted by molar-refractivity contribution is 7.12. The maximum Gasteiger partial charge on any atom is 0.0809 e. The van der Waals surface area contributed by atoms with E-state index in [2.05, 4.69) is 38.1 Å². The zero-order chi connectivity index (χ0) is 19.9. The lowest BCUT2D eigenvalue weighted by Crippen LogP contribution is -2.20. The lowest BCUT2D eigenvalue weighted by molar-refractivity contribution is 0.0840. The predicted octanol–water partition coefficient (Wildman–Crippen LogP) is 4.89. The molecule has 4 heteroatoms. The molecule has 3 nitrogen and oxygen atoms in total. The van der Waals surface area contributed by atoms with Gasteiger partial charge in [0.25, 0.3) is 0 Å². The zero-order valence-electron chi connectivity index (χ0n) is 17.4. The Morgan fingerprint density at radius 1 is 1.21 bits per heavy atom. The first kappa shape index (κ1) is 21.5. The second-order valence-electron chi connectivity index (χ2n) is 8.26. The summed E-state index contributed by atoms with van der Waals surface area (Å²) in [5.41, 5.74) is 11.7. The summed E-state index contributed by atoms with van der Waals surface area (Å²) in [6, 6.07) is 9.24. The van der Waals surface area contributed by atoms with Crippen LogP contribution in [0.5, 0.6) is 0 Å². The molecule has 1 aliphatic carbocycles. The molecule has 0 saturated heterocycles. The molecule has 1 aromatic heterocycles. The predicted molar refractivity (Wildman–Crippen MR) is 118 cm³/mol. The fourth-order valence-electron chi connectivity index (χ4n) is 4.22. The summed E-state index contributed by atoms with van der Waals surface area (Å²) in [6.07, 6.45) is 6.44. The Morgan fingerprint density at radius 2 is 2.07 bits per heavy atom. The van der Waals surface area contributed by atoms with Crippen LogP contribution in [0.15, 0.2) is 24.3 Å². The number of thiophene rings is 1. The first-order valence-electron chi connectivity index (χ1n) is 10.7. The van der Waals surface area contributed by atoms with Crippen LogP contribution in [-0.2, 0) is 24.2 Å². The minimum Gasteiger partial charge on any atom is -0.396 e. The molecule has 0 bridgehead atoms. The number of hydrogen-bond donors (Lipinski definition) is 2. The third-order valence-electron chi connectivity index (χ3n) is 6.09. The van der Waals surface area contributed by atoms with Crippen LogP contribution in [0.3, 0.4) is 0 Å². The lowest BCUT2D eigenvalue weighted by atomic mass is 9.81. The van der Waals surface area contributed by atoms with Crippen molar-refractivity contribution in [3.8, 4) is 0 Å². The highest BCUT2D eigenvalue weighted by Gasteiger charge is 2.20. The number of ether oxygens (including phenoxy) is 1. The van der Waals surface area contributed by atoms with E-state index < -0.39 is 0 Å². The monoisotopic (exact) mass is 401 g/mol. The number of aliphatic hydroxyl groups is 1. The summed E-state index contributed by atoms with van der Waals surface area (Å²) in [6.45, 7) is 6.90. The minimum absolute atomic E-state index is 0.274. The number of rotatable bonds is 10. The van der Waals surface area contributed by atoms with Gasteiger partial charge in [-0.05, 0) is 92.7 Å². The van der Waals surface area contributed by atoms with Gasteiger partial charge in [-0.15, -0.1) is 11.3 Å². The molecule has 28 heavy (non-hydrogen) atoms. The SMILES string of the molecule is Cc1cc(COC[C@@H]2CCc3cc([C@H](CN)CCCCO)ccc3C2)sc1C. The van der Waals surface area contributed by atoms with Gasteiger partial charge >= 0.3 is 0 Å². The molecule has 2 atom stereocenters. The molecule has 0 aliphatic heterocycles. The number of fused-ring (bicyclic) bond motifs is 1. The number of benzene rings is 1. The van der Waals surface area contributed by atoms with Crippen LogP contribution in [0.2, 0.25) is 0 Å². The molecular formula is C24H35NO2S.